The number of carbonyl (C=O) groups is 1. The Morgan fingerprint density at radius 1 is 0.956 bits per heavy atom. The third-order valence-corrected chi connectivity index (χ3v) is 8.33. The topological polar surface area (TPSA) is 83.9 Å². The molecule has 1 fully saturated rings. The zero-order chi connectivity index (χ0) is 31.8. The van der Waals surface area contributed by atoms with E-state index in [9.17, 15) is 9.90 Å². The van der Waals surface area contributed by atoms with Crippen LogP contribution in [0.5, 0.6) is 0 Å². The molecule has 1 aliphatic heterocycles. The molecule has 0 spiro atoms. The van der Waals surface area contributed by atoms with Gasteiger partial charge in [0.25, 0.3) is 9.70 Å². The minimum Gasteiger partial charge on any atom is -0.392 e. The fourth-order valence-electron chi connectivity index (χ4n) is 5.37. The van der Waals surface area contributed by atoms with Crippen molar-refractivity contribution in [2.75, 3.05) is 20.1 Å². The molecule has 3 unspecified atom stereocenters. The first-order chi connectivity index (χ1) is 21.7. The number of carbonyl (C=O) groups excluding carboxylic acids is 1. The van der Waals surface area contributed by atoms with Gasteiger partial charge < -0.3 is 24.8 Å². The standard InChI is InChI=1S/C35H36Cl3N3O4/c1-41(19-17-29-7-4-5-18-39-29)22-30-20-32(26-11-9-24(23-42)10-12-26)45-33(44-30)27-15-13-25(14-16-27)31-8-3-2-6-28(31)21-40-34(43)35(36,37)38/h2-16,18,30,32-33,42H,17,19-23H2,1H3,(H,40,43). The van der Waals surface area contributed by atoms with E-state index in [0.29, 0.717) is 6.42 Å². The predicted molar refractivity (Wildman–Crippen MR) is 178 cm³/mol. The third kappa shape index (κ3) is 9.27. The molecule has 0 saturated carbocycles. The Morgan fingerprint density at radius 3 is 2.36 bits per heavy atom. The van der Waals surface area contributed by atoms with E-state index in [0.717, 1.165) is 58.6 Å². The van der Waals surface area contributed by atoms with Crippen molar-refractivity contribution in [2.45, 2.75) is 48.3 Å². The minimum absolute atomic E-state index is 0.00398. The highest BCUT2D eigenvalue weighted by Gasteiger charge is 2.33. The average molecular weight is 669 g/mol. The number of benzene rings is 3. The van der Waals surface area contributed by atoms with Gasteiger partial charge in [0, 0.05) is 49.9 Å². The molecule has 3 aromatic carbocycles. The van der Waals surface area contributed by atoms with E-state index < -0.39 is 16.0 Å². The number of aliphatic hydroxyl groups is 1. The van der Waals surface area contributed by atoms with Crippen LogP contribution in [0.1, 0.15) is 46.8 Å². The number of halogens is 3. The Bertz CT molecular complexity index is 1530. The van der Waals surface area contributed by atoms with Crippen molar-refractivity contribution < 1.29 is 19.4 Å². The van der Waals surface area contributed by atoms with Crippen LogP contribution in [0.4, 0.5) is 0 Å². The second kappa shape index (κ2) is 15.5. The molecule has 5 rings (SSSR count). The van der Waals surface area contributed by atoms with Crippen LogP contribution in [0.25, 0.3) is 11.1 Å². The molecular weight excluding hydrogens is 633 g/mol. The second-order valence-electron chi connectivity index (χ2n) is 11.1. The van der Waals surface area contributed by atoms with Gasteiger partial charge in [-0.2, -0.15) is 0 Å². The SMILES string of the molecule is CN(CCc1ccccn1)CC1CC(c2ccc(CO)cc2)OC(c2ccc(-c3ccccc3CNC(=O)C(Cl)(Cl)Cl)cc2)O1. The lowest BCUT2D eigenvalue weighted by molar-refractivity contribution is -0.252. The van der Waals surface area contributed by atoms with Gasteiger partial charge in [0.1, 0.15) is 0 Å². The highest BCUT2D eigenvalue weighted by atomic mass is 35.6. The summed E-state index contributed by atoms with van der Waals surface area (Å²) in [6, 6.07) is 29.7. The van der Waals surface area contributed by atoms with Crippen LogP contribution in [0.2, 0.25) is 0 Å². The fraction of sp³-hybridized carbons (Fsp3) is 0.314. The Kier molecular flexibility index (Phi) is 11.5. The summed E-state index contributed by atoms with van der Waals surface area (Å²) in [6.45, 7) is 1.81. The minimum atomic E-state index is -2.03. The first-order valence-electron chi connectivity index (χ1n) is 14.8. The average Bonchev–Trinajstić information content (AvgIpc) is 3.06. The van der Waals surface area contributed by atoms with Crippen molar-refractivity contribution >= 4 is 40.7 Å². The lowest BCUT2D eigenvalue weighted by Crippen LogP contribution is -2.38. The van der Waals surface area contributed by atoms with Crippen molar-refractivity contribution in [3.63, 3.8) is 0 Å². The number of amides is 1. The van der Waals surface area contributed by atoms with E-state index in [1.807, 2.05) is 97.2 Å². The van der Waals surface area contributed by atoms with Gasteiger partial charge in [0.2, 0.25) is 0 Å². The molecule has 1 aromatic heterocycles. The molecule has 10 heteroatoms. The van der Waals surface area contributed by atoms with Gasteiger partial charge in [-0.05, 0) is 47.0 Å². The molecule has 0 radical (unpaired) electrons. The number of likely N-dealkylation sites (N-methyl/N-ethyl adjacent to an activating group) is 1. The Morgan fingerprint density at radius 2 is 1.67 bits per heavy atom. The van der Waals surface area contributed by atoms with Gasteiger partial charge in [-0.15, -0.1) is 0 Å². The Labute approximate surface area is 279 Å². The van der Waals surface area contributed by atoms with E-state index in [2.05, 4.69) is 22.2 Å². The first kappa shape index (κ1) is 33.4. The number of hydrogen-bond acceptors (Lipinski definition) is 6. The summed E-state index contributed by atoms with van der Waals surface area (Å²) in [5, 5.41) is 12.2. The molecule has 4 aromatic rings. The van der Waals surface area contributed by atoms with Crippen LogP contribution in [0, 0.1) is 0 Å². The largest absolute Gasteiger partial charge is 0.392 e. The van der Waals surface area contributed by atoms with Crippen molar-refractivity contribution in [1.82, 2.24) is 15.2 Å². The Hall–Kier alpha value is -3.01. The number of hydrogen-bond donors (Lipinski definition) is 2. The molecule has 236 valence electrons. The summed E-state index contributed by atoms with van der Waals surface area (Å²) in [5.74, 6) is -0.679. The van der Waals surface area contributed by atoms with Crippen molar-refractivity contribution in [3.05, 3.63) is 125 Å². The number of ether oxygens (including phenoxy) is 2. The normalized spacial score (nSPS) is 18.6. The highest BCUT2D eigenvalue weighted by Crippen LogP contribution is 2.39. The molecule has 7 nitrogen and oxygen atoms in total. The number of aliphatic hydroxyl groups excluding tert-OH is 1. The van der Waals surface area contributed by atoms with Crippen LogP contribution in [0.15, 0.2) is 97.2 Å². The summed E-state index contributed by atoms with van der Waals surface area (Å²) in [6.07, 6.45) is 2.57. The summed E-state index contributed by atoms with van der Waals surface area (Å²) < 4.78 is 11.1. The quantitative estimate of drug-likeness (QED) is 0.169. The van der Waals surface area contributed by atoms with Crippen LogP contribution in [-0.2, 0) is 33.8 Å². The van der Waals surface area contributed by atoms with E-state index in [4.69, 9.17) is 44.3 Å². The van der Waals surface area contributed by atoms with E-state index in [-0.39, 0.29) is 25.4 Å². The fourth-order valence-corrected chi connectivity index (χ4v) is 5.58. The maximum absolute atomic E-state index is 12.1. The Balaban J connectivity index is 1.31. The van der Waals surface area contributed by atoms with E-state index >= 15 is 0 Å². The molecule has 1 aliphatic rings. The smallest absolute Gasteiger partial charge is 0.272 e. The molecule has 1 amide bonds. The second-order valence-corrected chi connectivity index (χ2v) is 13.4. The summed E-state index contributed by atoms with van der Waals surface area (Å²) in [7, 11) is 2.10. The number of pyridine rings is 1. The summed E-state index contributed by atoms with van der Waals surface area (Å²) >= 11 is 17.2. The van der Waals surface area contributed by atoms with Crippen LogP contribution < -0.4 is 5.32 Å². The lowest BCUT2D eigenvalue weighted by atomic mass is 9.97. The molecule has 2 heterocycles. The molecular formula is C35H36Cl3N3O4. The van der Waals surface area contributed by atoms with Crippen molar-refractivity contribution in [2.24, 2.45) is 0 Å². The van der Waals surface area contributed by atoms with Gasteiger partial charge in [0.05, 0.1) is 18.8 Å². The predicted octanol–water partition coefficient (Wildman–Crippen LogP) is 6.95. The van der Waals surface area contributed by atoms with E-state index in [1.165, 1.54) is 0 Å². The lowest BCUT2D eigenvalue weighted by Gasteiger charge is -2.38. The number of rotatable bonds is 11. The molecule has 2 N–H and O–H groups in total. The van der Waals surface area contributed by atoms with Crippen LogP contribution >= 0.6 is 34.8 Å². The van der Waals surface area contributed by atoms with Crippen molar-refractivity contribution in [3.8, 4) is 11.1 Å². The number of nitrogens with zero attached hydrogens (tertiary/aromatic N) is 2. The molecule has 1 saturated heterocycles. The van der Waals surface area contributed by atoms with Gasteiger partial charge in [-0.1, -0.05) is 114 Å². The maximum atomic E-state index is 12.1. The van der Waals surface area contributed by atoms with Crippen LogP contribution in [-0.4, -0.2) is 50.9 Å². The zero-order valence-electron chi connectivity index (χ0n) is 24.9. The van der Waals surface area contributed by atoms with Gasteiger partial charge in [-0.25, -0.2) is 0 Å². The molecule has 0 bridgehead atoms. The highest BCUT2D eigenvalue weighted by molar-refractivity contribution is 6.76. The van der Waals surface area contributed by atoms with Gasteiger partial charge in [-0.3, -0.25) is 9.78 Å². The van der Waals surface area contributed by atoms with Gasteiger partial charge in [0.15, 0.2) is 6.29 Å². The number of aromatic nitrogens is 1. The van der Waals surface area contributed by atoms with Crippen molar-refractivity contribution in [1.29, 1.82) is 0 Å². The van der Waals surface area contributed by atoms with E-state index in [1.54, 1.807) is 0 Å². The zero-order valence-corrected chi connectivity index (χ0v) is 27.2. The summed E-state index contributed by atoms with van der Waals surface area (Å²) in [4.78, 5) is 18.8. The maximum Gasteiger partial charge on any atom is 0.272 e. The van der Waals surface area contributed by atoms with Crippen LogP contribution in [0.3, 0.4) is 0 Å². The first-order valence-corrected chi connectivity index (χ1v) is 16.0. The molecule has 45 heavy (non-hydrogen) atoms. The molecule has 3 atom stereocenters. The number of alkyl halides is 3. The van der Waals surface area contributed by atoms with Gasteiger partial charge >= 0.3 is 0 Å². The summed E-state index contributed by atoms with van der Waals surface area (Å²) in [5.41, 5.74) is 6.67. The molecule has 0 aliphatic carbocycles. The number of nitrogens with one attached hydrogen (secondary N) is 1. The monoisotopic (exact) mass is 667 g/mol. The third-order valence-electron chi connectivity index (χ3n) is 7.81.